The molecule has 0 aromatic heterocycles. The van der Waals surface area contributed by atoms with E-state index in [4.69, 9.17) is 0 Å². The average Bonchev–Trinajstić information content (AvgIpc) is 2.83. The van der Waals surface area contributed by atoms with Gasteiger partial charge in [-0.3, -0.25) is 4.79 Å². The van der Waals surface area contributed by atoms with E-state index >= 15 is 0 Å². The number of rotatable bonds is 3. The first-order valence-corrected chi connectivity index (χ1v) is 7.13. The summed E-state index contributed by atoms with van der Waals surface area (Å²) in [6, 6.07) is 8.62. The number of anilines is 2. The highest BCUT2D eigenvalue weighted by Crippen LogP contribution is 2.23. The van der Waals surface area contributed by atoms with Gasteiger partial charge in [0.1, 0.15) is 0 Å². The third kappa shape index (κ3) is 3.98. The number of hydrogen-bond acceptors (Lipinski definition) is 2. The molecule has 0 atom stereocenters. The molecule has 0 spiro atoms. The number of amides is 1. The van der Waals surface area contributed by atoms with Crippen LogP contribution in [0.2, 0.25) is 0 Å². The van der Waals surface area contributed by atoms with Crippen LogP contribution in [-0.2, 0) is 4.79 Å². The smallest absolute Gasteiger partial charge is 0.229 e. The van der Waals surface area contributed by atoms with E-state index < -0.39 is 0 Å². The summed E-state index contributed by atoms with van der Waals surface area (Å²) in [7, 11) is 0. The Bertz CT molecular complexity index is 425. The van der Waals surface area contributed by atoms with Crippen molar-refractivity contribution in [2.75, 3.05) is 10.6 Å². The fourth-order valence-electron chi connectivity index (χ4n) is 2.27. The van der Waals surface area contributed by atoms with Gasteiger partial charge in [0.25, 0.3) is 0 Å². The van der Waals surface area contributed by atoms with E-state index in [2.05, 4.69) is 10.6 Å². The van der Waals surface area contributed by atoms with Crippen molar-refractivity contribution in [2.45, 2.75) is 52.5 Å². The fraction of sp³-hybridized carbons (Fsp3) is 0.562. The summed E-state index contributed by atoms with van der Waals surface area (Å²) in [5.74, 6) is 0.0454. The van der Waals surface area contributed by atoms with Crippen LogP contribution in [0.4, 0.5) is 11.4 Å². The van der Waals surface area contributed by atoms with Gasteiger partial charge in [0.2, 0.25) is 5.91 Å². The summed E-state index contributed by atoms with van der Waals surface area (Å²) < 4.78 is 0. The summed E-state index contributed by atoms with van der Waals surface area (Å²) >= 11 is 0. The second kappa shape index (κ2) is 5.64. The highest BCUT2D eigenvalue weighted by atomic mass is 16.2. The zero-order valence-corrected chi connectivity index (χ0v) is 12.1. The van der Waals surface area contributed by atoms with E-state index in [1.165, 1.54) is 25.7 Å². The van der Waals surface area contributed by atoms with E-state index in [-0.39, 0.29) is 11.3 Å². The van der Waals surface area contributed by atoms with Crippen LogP contribution in [0.25, 0.3) is 0 Å². The molecular weight excluding hydrogens is 236 g/mol. The van der Waals surface area contributed by atoms with Crippen molar-refractivity contribution in [2.24, 2.45) is 5.41 Å². The maximum atomic E-state index is 11.9. The van der Waals surface area contributed by atoms with Crippen LogP contribution in [0.15, 0.2) is 24.3 Å². The Morgan fingerprint density at radius 2 is 1.58 bits per heavy atom. The van der Waals surface area contributed by atoms with Crippen molar-refractivity contribution >= 4 is 17.3 Å². The lowest BCUT2D eigenvalue weighted by Crippen LogP contribution is -2.27. The summed E-state index contributed by atoms with van der Waals surface area (Å²) in [6.07, 6.45) is 5.19. The van der Waals surface area contributed by atoms with Crippen LogP contribution < -0.4 is 10.6 Å². The fourth-order valence-corrected chi connectivity index (χ4v) is 2.27. The first-order chi connectivity index (χ1) is 8.95. The lowest BCUT2D eigenvalue weighted by molar-refractivity contribution is -0.123. The van der Waals surface area contributed by atoms with Crippen LogP contribution >= 0.6 is 0 Å². The molecule has 19 heavy (non-hydrogen) atoms. The lowest BCUT2D eigenvalue weighted by Gasteiger charge is -2.18. The molecule has 0 heterocycles. The number of nitrogens with one attached hydrogen (secondary N) is 2. The molecule has 1 amide bonds. The SMILES string of the molecule is CC(C)(C)C(=O)Nc1ccc(NC2CCCC2)cc1. The zero-order valence-electron chi connectivity index (χ0n) is 12.1. The van der Waals surface area contributed by atoms with Crippen molar-refractivity contribution in [3.05, 3.63) is 24.3 Å². The molecule has 1 aliphatic rings. The molecule has 1 saturated carbocycles. The van der Waals surface area contributed by atoms with Gasteiger partial charge in [-0.25, -0.2) is 0 Å². The van der Waals surface area contributed by atoms with Gasteiger partial charge in [0.05, 0.1) is 0 Å². The van der Waals surface area contributed by atoms with Crippen molar-refractivity contribution in [1.82, 2.24) is 0 Å². The molecule has 0 aliphatic heterocycles. The minimum atomic E-state index is -0.360. The van der Waals surface area contributed by atoms with Crippen LogP contribution in [0.1, 0.15) is 46.5 Å². The van der Waals surface area contributed by atoms with Crippen LogP contribution in [0.3, 0.4) is 0 Å². The molecule has 1 aromatic carbocycles. The Hall–Kier alpha value is -1.51. The average molecular weight is 260 g/mol. The van der Waals surface area contributed by atoms with E-state index in [9.17, 15) is 4.79 Å². The molecule has 0 saturated heterocycles. The summed E-state index contributed by atoms with van der Waals surface area (Å²) in [5, 5.41) is 6.47. The predicted molar refractivity (Wildman–Crippen MR) is 80.4 cm³/mol. The summed E-state index contributed by atoms with van der Waals surface area (Å²) in [4.78, 5) is 11.9. The van der Waals surface area contributed by atoms with Gasteiger partial charge in [-0.15, -0.1) is 0 Å². The van der Waals surface area contributed by atoms with Crippen LogP contribution in [0.5, 0.6) is 0 Å². The van der Waals surface area contributed by atoms with Gasteiger partial charge in [-0.1, -0.05) is 33.6 Å². The largest absolute Gasteiger partial charge is 0.382 e. The maximum Gasteiger partial charge on any atom is 0.229 e. The summed E-state index contributed by atoms with van der Waals surface area (Å²) in [5.41, 5.74) is 1.64. The lowest BCUT2D eigenvalue weighted by atomic mass is 9.95. The number of carbonyl (C=O) groups excluding carboxylic acids is 1. The molecule has 2 N–H and O–H groups in total. The van der Waals surface area contributed by atoms with E-state index in [1.54, 1.807) is 0 Å². The molecule has 1 aromatic rings. The Morgan fingerprint density at radius 1 is 1.05 bits per heavy atom. The van der Waals surface area contributed by atoms with Gasteiger partial charge in [0, 0.05) is 22.8 Å². The van der Waals surface area contributed by atoms with Gasteiger partial charge >= 0.3 is 0 Å². The number of carbonyl (C=O) groups is 1. The van der Waals surface area contributed by atoms with Crippen molar-refractivity contribution in [3.63, 3.8) is 0 Å². The monoisotopic (exact) mass is 260 g/mol. The third-order valence-corrected chi connectivity index (χ3v) is 3.55. The standard InChI is InChI=1S/C16H24N2O/c1-16(2,3)15(19)18-14-10-8-13(9-11-14)17-12-6-4-5-7-12/h8-12,17H,4-7H2,1-3H3,(H,18,19). The first kappa shape index (κ1) is 13.9. The minimum Gasteiger partial charge on any atom is -0.382 e. The second-order valence-electron chi connectivity index (χ2n) is 6.41. The Labute approximate surface area is 115 Å². The molecule has 3 heteroatoms. The van der Waals surface area contributed by atoms with Gasteiger partial charge < -0.3 is 10.6 Å². The van der Waals surface area contributed by atoms with E-state index in [0.29, 0.717) is 6.04 Å². The van der Waals surface area contributed by atoms with Gasteiger partial charge in [-0.2, -0.15) is 0 Å². The first-order valence-electron chi connectivity index (χ1n) is 7.13. The van der Waals surface area contributed by atoms with E-state index in [1.807, 2.05) is 45.0 Å². The van der Waals surface area contributed by atoms with Crippen LogP contribution in [0, 0.1) is 5.41 Å². The normalized spacial score (nSPS) is 16.4. The molecule has 0 radical (unpaired) electrons. The Morgan fingerprint density at radius 3 is 2.11 bits per heavy atom. The molecule has 104 valence electrons. The molecule has 0 bridgehead atoms. The second-order valence-corrected chi connectivity index (χ2v) is 6.41. The number of hydrogen-bond donors (Lipinski definition) is 2. The molecular formula is C16H24N2O. The minimum absolute atomic E-state index is 0.0454. The zero-order chi connectivity index (χ0) is 13.9. The predicted octanol–water partition coefficient (Wildman–Crippen LogP) is 4.03. The molecule has 1 aliphatic carbocycles. The van der Waals surface area contributed by atoms with Gasteiger partial charge in [0.15, 0.2) is 0 Å². The highest BCUT2D eigenvalue weighted by molar-refractivity contribution is 5.94. The van der Waals surface area contributed by atoms with Crippen molar-refractivity contribution in [1.29, 1.82) is 0 Å². The Kier molecular flexibility index (Phi) is 4.13. The third-order valence-electron chi connectivity index (χ3n) is 3.55. The maximum absolute atomic E-state index is 11.9. The topological polar surface area (TPSA) is 41.1 Å². The molecule has 1 fully saturated rings. The molecule has 3 nitrogen and oxygen atoms in total. The van der Waals surface area contributed by atoms with Crippen molar-refractivity contribution in [3.8, 4) is 0 Å². The van der Waals surface area contributed by atoms with Crippen LogP contribution in [-0.4, -0.2) is 11.9 Å². The molecule has 0 unspecified atom stereocenters. The van der Waals surface area contributed by atoms with Gasteiger partial charge in [-0.05, 0) is 37.1 Å². The van der Waals surface area contributed by atoms with E-state index in [0.717, 1.165) is 11.4 Å². The van der Waals surface area contributed by atoms with Crippen molar-refractivity contribution < 1.29 is 4.79 Å². The number of benzene rings is 1. The molecule has 2 rings (SSSR count). The highest BCUT2D eigenvalue weighted by Gasteiger charge is 2.21. The Balaban J connectivity index is 1.92. The quantitative estimate of drug-likeness (QED) is 0.861. The summed E-state index contributed by atoms with van der Waals surface area (Å²) in [6.45, 7) is 5.75.